The van der Waals surface area contributed by atoms with Gasteiger partial charge in [-0.1, -0.05) is 6.07 Å². The highest BCUT2D eigenvalue weighted by Gasteiger charge is 2.08. The Balaban J connectivity index is 2.48. The summed E-state index contributed by atoms with van der Waals surface area (Å²) in [5, 5.41) is 8.75. The maximum absolute atomic E-state index is 13.2. The largest absolute Gasteiger partial charge is 0.492 e. The minimum atomic E-state index is -0.551. The normalized spacial score (nSPS) is 9.81. The van der Waals surface area contributed by atoms with E-state index >= 15 is 0 Å². The maximum Gasteiger partial charge on any atom is 0.144 e. The van der Waals surface area contributed by atoms with Gasteiger partial charge in [-0.3, -0.25) is 0 Å². The molecule has 1 rings (SSSR count). The zero-order valence-corrected chi connectivity index (χ0v) is 9.20. The maximum atomic E-state index is 13.2. The molecule has 0 saturated heterocycles. The van der Waals surface area contributed by atoms with Crippen molar-refractivity contribution in [1.82, 2.24) is 0 Å². The number of hydrogen-bond acceptors (Lipinski definition) is 3. The van der Waals surface area contributed by atoms with Crippen molar-refractivity contribution in [2.45, 2.75) is 13.3 Å². The van der Waals surface area contributed by atoms with Crippen molar-refractivity contribution in [2.75, 3.05) is 19.8 Å². The molecule has 0 spiro atoms. The Kier molecular flexibility index (Phi) is 5.30. The average Bonchev–Trinajstić information content (AvgIpc) is 2.29. The lowest BCUT2D eigenvalue weighted by atomic mass is 10.2. The third kappa shape index (κ3) is 3.52. The molecule has 0 bridgehead atoms. The molecule has 0 unspecified atom stereocenters. The van der Waals surface area contributed by atoms with Crippen LogP contribution in [0.15, 0.2) is 18.2 Å². The first-order chi connectivity index (χ1) is 7.79. The molecule has 1 aromatic rings. The monoisotopic (exact) mass is 223 g/mol. The number of ether oxygens (including phenoxy) is 2. The Morgan fingerprint density at radius 2 is 2.19 bits per heavy atom. The molecule has 0 aliphatic carbocycles. The average molecular weight is 223 g/mol. The van der Waals surface area contributed by atoms with Crippen LogP contribution in [0.3, 0.4) is 0 Å². The van der Waals surface area contributed by atoms with Crippen LogP contribution < -0.4 is 4.74 Å². The lowest BCUT2D eigenvalue weighted by Gasteiger charge is -2.07. The van der Waals surface area contributed by atoms with Crippen molar-refractivity contribution in [1.29, 1.82) is 5.26 Å². The summed E-state index contributed by atoms with van der Waals surface area (Å²) in [5.74, 6) is -0.260. The number of nitriles is 1. The molecular formula is C12H14FNO2. The molecule has 3 nitrogen and oxygen atoms in total. The summed E-state index contributed by atoms with van der Waals surface area (Å²) in [6, 6.07) is 6.13. The Hall–Kier alpha value is -1.60. The summed E-state index contributed by atoms with van der Waals surface area (Å²) in [6.45, 7) is 3.61. The number of benzene rings is 1. The summed E-state index contributed by atoms with van der Waals surface area (Å²) >= 11 is 0. The fourth-order valence-electron chi connectivity index (χ4n) is 1.22. The predicted octanol–water partition coefficient (Wildman–Crippen LogP) is 2.50. The van der Waals surface area contributed by atoms with Crippen molar-refractivity contribution in [3.8, 4) is 11.8 Å². The summed E-state index contributed by atoms with van der Waals surface area (Å²) in [5.41, 5.74) is -0.0427. The molecule has 0 saturated carbocycles. The van der Waals surface area contributed by atoms with Crippen LogP contribution in [0.4, 0.5) is 4.39 Å². The van der Waals surface area contributed by atoms with Crippen molar-refractivity contribution in [3.63, 3.8) is 0 Å². The van der Waals surface area contributed by atoms with Crippen LogP contribution in [0.2, 0.25) is 0 Å². The molecule has 0 aliphatic heterocycles. The number of hydrogen-bond donors (Lipinski definition) is 0. The van der Waals surface area contributed by atoms with Gasteiger partial charge in [0.1, 0.15) is 23.2 Å². The first-order valence-electron chi connectivity index (χ1n) is 5.18. The van der Waals surface area contributed by atoms with Crippen molar-refractivity contribution < 1.29 is 13.9 Å². The standard InChI is InChI=1S/C12H14FNO2/c1-2-15-7-4-8-16-12-6-3-5-11(13)10(12)9-14/h3,5-6H,2,4,7-8H2,1H3. The highest BCUT2D eigenvalue weighted by molar-refractivity contribution is 5.43. The van der Waals surface area contributed by atoms with Crippen molar-refractivity contribution in [2.24, 2.45) is 0 Å². The lowest BCUT2D eigenvalue weighted by molar-refractivity contribution is 0.130. The van der Waals surface area contributed by atoms with Crippen LogP contribution >= 0.6 is 0 Å². The van der Waals surface area contributed by atoms with Crippen LogP contribution in [0.1, 0.15) is 18.9 Å². The molecule has 0 N–H and O–H groups in total. The van der Waals surface area contributed by atoms with E-state index in [0.717, 1.165) is 6.42 Å². The summed E-state index contributed by atoms with van der Waals surface area (Å²) in [4.78, 5) is 0. The molecule has 4 heteroatoms. The van der Waals surface area contributed by atoms with Crippen molar-refractivity contribution >= 4 is 0 Å². The molecule has 0 fully saturated rings. The quantitative estimate of drug-likeness (QED) is 0.696. The van der Waals surface area contributed by atoms with Gasteiger partial charge in [0.2, 0.25) is 0 Å². The lowest BCUT2D eigenvalue weighted by Crippen LogP contribution is -2.04. The molecule has 0 amide bonds. The van der Waals surface area contributed by atoms with E-state index in [1.165, 1.54) is 12.1 Å². The number of halogens is 1. The molecule has 1 aromatic carbocycles. The Labute approximate surface area is 94.4 Å². The van der Waals surface area contributed by atoms with E-state index in [4.69, 9.17) is 14.7 Å². The van der Waals surface area contributed by atoms with Gasteiger partial charge in [-0.05, 0) is 19.1 Å². The Bertz CT molecular complexity index is 374. The van der Waals surface area contributed by atoms with Gasteiger partial charge in [-0.2, -0.15) is 5.26 Å². The third-order valence-electron chi connectivity index (χ3n) is 1.98. The van der Waals surface area contributed by atoms with Gasteiger partial charge in [-0.25, -0.2) is 4.39 Å². The smallest absolute Gasteiger partial charge is 0.144 e. The molecule has 0 aliphatic rings. The van der Waals surface area contributed by atoms with Crippen LogP contribution in [0.25, 0.3) is 0 Å². The first kappa shape index (κ1) is 12.5. The zero-order valence-electron chi connectivity index (χ0n) is 9.20. The predicted molar refractivity (Wildman–Crippen MR) is 57.7 cm³/mol. The molecular weight excluding hydrogens is 209 g/mol. The summed E-state index contributed by atoms with van der Waals surface area (Å²) in [6.07, 6.45) is 0.717. The minimum absolute atomic E-state index is 0.0427. The van der Waals surface area contributed by atoms with Gasteiger partial charge in [0.05, 0.1) is 6.61 Å². The van der Waals surface area contributed by atoms with Crippen LogP contribution in [0.5, 0.6) is 5.75 Å². The zero-order chi connectivity index (χ0) is 11.8. The highest BCUT2D eigenvalue weighted by atomic mass is 19.1. The second kappa shape index (κ2) is 6.81. The summed E-state index contributed by atoms with van der Waals surface area (Å²) < 4.78 is 23.6. The van der Waals surface area contributed by atoms with Crippen LogP contribution in [-0.4, -0.2) is 19.8 Å². The van der Waals surface area contributed by atoms with Crippen LogP contribution in [-0.2, 0) is 4.74 Å². The van der Waals surface area contributed by atoms with Gasteiger partial charge in [0.15, 0.2) is 0 Å². The van der Waals surface area contributed by atoms with E-state index in [1.54, 1.807) is 12.1 Å². The fourth-order valence-corrected chi connectivity index (χ4v) is 1.22. The highest BCUT2D eigenvalue weighted by Crippen LogP contribution is 2.20. The Morgan fingerprint density at radius 1 is 1.38 bits per heavy atom. The number of nitrogens with zero attached hydrogens (tertiary/aromatic N) is 1. The van der Waals surface area contributed by atoms with Crippen LogP contribution in [0, 0.1) is 17.1 Å². The van der Waals surface area contributed by atoms with Gasteiger partial charge >= 0.3 is 0 Å². The molecule has 0 heterocycles. The molecule has 16 heavy (non-hydrogen) atoms. The van der Waals surface area contributed by atoms with Crippen molar-refractivity contribution in [3.05, 3.63) is 29.6 Å². The van der Waals surface area contributed by atoms with E-state index < -0.39 is 5.82 Å². The van der Waals surface area contributed by atoms with Gasteiger partial charge < -0.3 is 9.47 Å². The van der Waals surface area contributed by atoms with E-state index in [1.807, 2.05) is 6.92 Å². The van der Waals surface area contributed by atoms with E-state index in [2.05, 4.69) is 0 Å². The fraction of sp³-hybridized carbons (Fsp3) is 0.417. The minimum Gasteiger partial charge on any atom is -0.492 e. The van der Waals surface area contributed by atoms with E-state index in [0.29, 0.717) is 25.6 Å². The summed E-state index contributed by atoms with van der Waals surface area (Å²) in [7, 11) is 0. The second-order valence-electron chi connectivity index (χ2n) is 3.12. The van der Waals surface area contributed by atoms with Gasteiger partial charge in [0, 0.05) is 19.6 Å². The molecule has 0 atom stereocenters. The SMILES string of the molecule is CCOCCCOc1cccc(F)c1C#N. The first-order valence-corrected chi connectivity index (χ1v) is 5.18. The second-order valence-corrected chi connectivity index (χ2v) is 3.12. The number of rotatable bonds is 6. The Morgan fingerprint density at radius 3 is 2.88 bits per heavy atom. The molecule has 0 radical (unpaired) electrons. The molecule has 0 aromatic heterocycles. The van der Waals surface area contributed by atoms with E-state index in [9.17, 15) is 4.39 Å². The van der Waals surface area contributed by atoms with E-state index in [-0.39, 0.29) is 5.56 Å². The third-order valence-corrected chi connectivity index (χ3v) is 1.98. The molecule has 86 valence electrons. The van der Waals surface area contributed by atoms with Gasteiger partial charge in [0.25, 0.3) is 0 Å². The van der Waals surface area contributed by atoms with Gasteiger partial charge in [-0.15, -0.1) is 0 Å². The topological polar surface area (TPSA) is 42.2 Å².